The molecule has 7 nitrogen and oxygen atoms in total. The molecule has 34 heavy (non-hydrogen) atoms. The van der Waals surface area contributed by atoms with Crippen molar-refractivity contribution in [3.63, 3.8) is 0 Å². The molecule has 2 aliphatic rings. The van der Waals surface area contributed by atoms with Crippen molar-refractivity contribution in [3.05, 3.63) is 53.2 Å². The van der Waals surface area contributed by atoms with Gasteiger partial charge in [0.15, 0.2) is 0 Å². The van der Waals surface area contributed by atoms with Crippen molar-refractivity contribution >= 4 is 17.6 Å². The summed E-state index contributed by atoms with van der Waals surface area (Å²) in [7, 11) is 1.62. The minimum Gasteiger partial charge on any atom is -0.496 e. The molecule has 0 saturated carbocycles. The Morgan fingerprint density at radius 1 is 1.15 bits per heavy atom. The van der Waals surface area contributed by atoms with Crippen LogP contribution in [0.25, 0.3) is 0 Å². The number of hydrogen-bond acceptors (Lipinski definition) is 5. The summed E-state index contributed by atoms with van der Waals surface area (Å²) in [5.74, 6) is 2.09. The topological polar surface area (TPSA) is 83.6 Å². The van der Waals surface area contributed by atoms with E-state index in [0.717, 1.165) is 49.2 Å². The van der Waals surface area contributed by atoms with Crippen LogP contribution in [-0.2, 0) is 0 Å². The van der Waals surface area contributed by atoms with Gasteiger partial charge in [-0.2, -0.15) is 0 Å². The molecule has 7 heteroatoms. The number of fused-ring (bicyclic) bond motifs is 2. The maximum absolute atomic E-state index is 13.0. The largest absolute Gasteiger partial charge is 0.496 e. The number of amides is 2. The molecule has 1 aromatic heterocycles. The van der Waals surface area contributed by atoms with E-state index in [-0.39, 0.29) is 20.7 Å². The molecule has 2 fully saturated rings. The first-order valence-corrected chi connectivity index (χ1v) is 12.3. The van der Waals surface area contributed by atoms with Crippen LogP contribution in [0.1, 0.15) is 75.1 Å². The third-order valence-corrected chi connectivity index (χ3v) is 7.10. The molecule has 2 aromatic rings. The number of piperidine rings is 1. The second-order valence-electron chi connectivity index (χ2n) is 9.91. The van der Waals surface area contributed by atoms with Gasteiger partial charge in [-0.05, 0) is 69.2 Å². The maximum Gasteiger partial charge on any atom is 0.252 e. The fourth-order valence-corrected chi connectivity index (χ4v) is 5.26. The highest BCUT2D eigenvalue weighted by Crippen LogP contribution is 2.38. The third kappa shape index (κ3) is 5.18. The molecule has 2 unspecified atom stereocenters. The highest BCUT2D eigenvalue weighted by molar-refractivity contribution is 5.96. The smallest absolute Gasteiger partial charge is 0.252 e. The van der Waals surface area contributed by atoms with Crippen LogP contribution >= 0.6 is 0 Å². The van der Waals surface area contributed by atoms with Crippen molar-refractivity contribution in [1.29, 1.82) is 0 Å². The summed E-state index contributed by atoms with van der Waals surface area (Å²) in [6.07, 6.45) is 6.61. The predicted molar refractivity (Wildman–Crippen MR) is 138 cm³/mol. The Hall–Kier alpha value is -3.09. The maximum atomic E-state index is 13.0. The number of hydrogen-bond donors (Lipinski definition) is 2. The summed E-state index contributed by atoms with van der Waals surface area (Å²) in [5.41, 5.74) is 2.12. The Kier molecular flexibility index (Phi) is 7.39. The summed E-state index contributed by atoms with van der Waals surface area (Å²) in [6.45, 7) is 6.88. The van der Waals surface area contributed by atoms with Crippen LogP contribution in [0.2, 0.25) is 0 Å². The van der Waals surface area contributed by atoms with Crippen molar-refractivity contribution < 1.29 is 17.2 Å². The van der Waals surface area contributed by atoms with Gasteiger partial charge in [0.1, 0.15) is 11.6 Å². The number of benzene rings is 1. The van der Waals surface area contributed by atoms with E-state index < -0.39 is 0 Å². The van der Waals surface area contributed by atoms with Gasteiger partial charge < -0.3 is 20.3 Å². The van der Waals surface area contributed by atoms with E-state index in [1.165, 1.54) is 0 Å². The second kappa shape index (κ2) is 10.5. The van der Waals surface area contributed by atoms with Gasteiger partial charge >= 0.3 is 0 Å². The Morgan fingerprint density at radius 3 is 2.50 bits per heavy atom. The van der Waals surface area contributed by atoms with Gasteiger partial charge in [-0.1, -0.05) is 19.9 Å². The molecular formula is C27H40N4O3. The quantitative estimate of drug-likeness (QED) is 0.592. The monoisotopic (exact) mass is 468 g/mol. The number of pyridine rings is 1. The first-order valence-electron chi connectivity index (χ1n) is 12.3. The zero-order valence-electron chi connectivity index (χ0n) is 20.6. The van der Waals surface area contributed by atoms with Crippen LogP contribution in [-0.4, -0.2) is 48.6 Å². The van der Waals surface area contributed by atoms with Crippen molar-refractivity contribution in [2.24, 2.45) is 5.92 Å². The third-order valence-electron chi connectivity index (χ3n) is 7.10. The number of anilines is 1. The van der Waals surface area contributed by atoms with E-state index in [9.17, 15) is 9.59 Å². The number of ether oxygens (including phenoxy) is 1. The van der Waals surface area contributed by atoms with Crippen LogP contribution in [0.4, 0.5) is 5.82 Å². The van der Waals surface area contributed by atoms with Crippen LogP contribution < -0.4 is 20.3 Å². The van der Waals surface area contributed by atoms with E-state index in [0.29, 0.717) is 35.7 Å². The minimum absolute atomic E-state index is 0. The van der Waals surface area contributed by atoms with Crippen LogP contribution in [0, 0.1) is 12.8 Å². The number of methoxy groups -OCH3 is 1. The number of nitrogens with one attached hydrogen (secondary N) is 2. The summed E-state index contributed by atoms with van der Waals surface area (Å²) in [6, 6.07) is 10.2. The molecule has 2 aliphatic heterocycles. The average molecular weight is 469 g/mol. The van der Waals surface area contributed by atoms with Gasteiger partial charge in [0.05, 0.1) is 12.7 Å². The zero-order chi connectivity index (χ0) is 24.2. The Balaban J connectivity index is 0.00000228. The summed E-state index contributed by atoms with van der Waals surface area (Å²) < 4.78 is 5.37. The predicted octanol–water partition coefficient (Wildman–Crippen LogP) is 4.60. The fraction of sp³-hybridized carbons (Fsp3) is 0.519. The Morgan fingerprint density at radius 2 is 1.88 bits per heavy atom. The second-order valence-corrected chi connectivity index (χ2v) is 9.91. The molecule has 3 heterocycles. The van der Waals surface area contributed by atoms with Crippen LogP contribution in [0.15, 0.2) is 36.5 Å². The average Bonchev–Trinajstić information content (AvgIpc) is 3.09. The SMILES string of the molecule is COc1cccc(C(=O)NC2CC3CCC(C2)N3c2ccc(C(=O)NCCC(C)C)cn2)c1C.[HH].[HH]. The Labute approximate surface area is 205 Å². The molecule has 0 radical (unpaired) electrons. The van der Waals surface area contributed by atoms with Gasteiger partial charge in [-0.25, -0.2) is 4.98 Å². The first kappa shape index (κ1) is 24.0. The zero-order valence-corrected chi connectivity index (χ0v) is 20.6. The van der Waals surface area contributed by atoms with E-state index in [1.54, 1.807) is 13.3 Å². The molecule has 186 valence electrons. The normalized spacial score (nSPS) is 21.4. The van der Waals surface area contributed by atoms with E-state index in [4.69, 9.17) is 4.74 Å². The van der Waals surface area contributed by atoms with Gasteiger partial charge in [0.2, 0.25) is 0 Å². The van der Waals surface area contributed by atoms with E-state index in [1.807, 2.05) is 37.3 Å². The number of rotatable bonds is 8. The number of carbonyl (C=O) groups is 2. The molecule has 2 saturated heterocycles. The van der Waals surface area contributed by atoms with Gasteiger partial charge in [-0.3, -0.25) is 9.59 Å². The Bertz CT molecular complexity index is 1020. The molecule has 0 aliphatic carbocycles. The van der Waals surface area contributed by atoms with Crippen molar-refractivity contribution in [3.8, 4) is 5.75 Å². The van der Waals surface area contributed by atoms with Gasteiger partial charge in [-0.15, -0.1) is 0 Å². The number of nitrogens with zero attached hydrogens (tertiary/aromatic N) is 2. The van der Waals surface area contributed by atoms with Crippen LogP contribution in [0.5, 0.6) is 5.75 Å². The lowest BCUT2D eigenvalue weighted by atomic mass is 9.96. The lowest BCUT2D eigenvalue weighted by molar-refractivity contribution is 0.0923. The van der Waals surface area contributed by atoms with Crippen molar-refractivity contribution in [1.82, 2.24) is 15.6 Å². The standard InChI is InChI=1S/C27H36N4O3.2H2/c1-17(2)12-13-28-26(32)19-8-11-25(29-16-19)31-21-9-10-22(31)15-20(14-21)30-27(33)23-6-5-7-24(34-4)18(23)3;;/h5-8,11,16-17,20-22H,9-10,12-15H2,1-4H3,(H,28,32)(H,30,33);2*1H. The highest BCUT2D eigenvalue weighted by atomic mass is 16.5. The lowest BCUT2D eigenvalue weighted by Crippen LogP contribution is -2.50. The summed E-state index contributed by atoms with van der Waals surface area (Å²) >= 11 is 0. The molecule has 2 bridgehead atoms. The lowest BCUT2D eigenvalue weighted by Gasteiger charge is -2.40. The number of carbonyl (C=O) groups excluding carboxylic acids is 2. The van der Waals surface area contributed by atoms with Crippen LogP contribution in [0.3, 0.4) is 0 Å². The summed E-state index contributed by atoms with van der Waals surface area (Å²) in [4.78, 5) is 32.4. The van der Waals surface area contributed by atoms with E-state index in [2.05, 4.69) is 34.4 Å². The summed E-state index contributed by atoms with van der Waals surface area (Å²) in [5, 5.41) is 6.22. The highest BCUT2D eigenvalue weighted by Gasteiger charge is 2.41. The van der Waals surface area contributed by atoms with E-state index >= 15 is 0 Å². The number of aromatic nitrogens is 1. The molecular weight excluding hydrogens is 428 g/mol. The van der Waals surface area contributed by atoms with Crippen molar-refractivity contribution in [2.75, 3.05) is 18.6 Å². The first-order chi connectivity index (χ1) is 16.4. The molecule has 2 N–H and O–H groups in total. The van der Waals surface area contributed by atoms with Gasteiger partial charge in [0.25, 0.3) is 11.8 Å². The molecule has 1 aromatic carbocycles. The van der Waals surface area contributed by atoms with Crippen molar-refractivity contribution in [2.45, 2.75) is 71.0 Å². The molecule has 2 atom stereocenters. The molecule has 0 spiro atoms. The molecule has 4 rings (SSSR count). The fourth-order valence-electron chi connectivity index (χ4n) is 5.26. The molecule has 2 amide bonds. The minimum atomic E-state index is -0.0723. The van der Waals surface area contributed by atoms with Gasteiger partial charge in [0, 0.05) is 44.8 Å².